The molecule has 7 heteroatoms. The summed E-state index contributed by atoms with van der Waals surface area (Å²) in [5.41, 5.74) is 0.394. The number of sulfonamides is 1. The van der Waals surface area contributed by atoms with E-state index >= 15 is 0 Å². The van der Waals surface area contributed by atoms with E-state index in [0.29, 0.717) is 10.2 Å². The third kappa shape index (κ3) is 3.34. The van der Waals surface area contributed by atoms with Gasteiger partial charge < -0.3 is 0 Å². The number of anilines is 1. The fourth-order valence-electron chi connectivity index (χ4n) is 1.39. The van der Waals surface area contributed by atoms with Crippen molar-refractivity contribution in [1.82, 2.24) is 0 Å². The lowest BCUT2D eigenvalue weighted by Crippen LogP contribution is -2.13. The van der Waals surface area contributed by atoms with Crippen LogP contribution in [0.2, 0.25) is 0 Å². The van der Waals surface area contributed by atoms with Crippen LogP contribution in [-0.2, 0) is 10.0 Å². The Kier molecular flexibility index (Phi) is 4.27. The first-order chi connectivity index (χ1) is 8.90. The standard InChI is InChI=1S/C12H8Br2FNO2S/c13-9-6-5-8(7-11(9)15)19(17,18)16-12-4-2-1-3-10(12)14/h1-7,16H. The summed E-state index contributed by atoms with van der Waals surface area (Å²) in [6.45, 7) is 0. The fraction of sp³-hybridized carbons (Fsp3) is 0. The van der Waals surface area contributed by atoms with E-state index in [1.54, 1.807) is 24.3 Å². The van der Waals surface area contributed by atoms with Crippen molar-refractivity contribution >= 4 is 47.6 Å². The predicted octanol–water partition coefficient (Wildman–Crippen LogP) is 4.15. The normalized spacial score (nSPS) is 11.3. The summed E-state index contributed by atoms with van der Waals surface area (Å²) < 4.78 is 40.8. The molecule has 1 N–H and O–H groups in total. The molecule has 19 heavy (non-hydrogen) atoms. The molecule has 0 heterocycles. The maximum Gasteiger partial charge on any atom is 0.262 e. The first-order valence-electron chi connectivity index (χ1n) is 5.12. The number of benzene rings is 2. The molecule has 0 spiro atoms. The van der Waals surface area contributed by atoms with Crippen LogP contribution in [0.15, 0.2) is 56.3 Å². The molecular formula is C12H8Br2FNO2S. The molecule has 0 unspecified atom stereocenters. The van der Waals surface area contributed by atoms with Crippen LogP contribution in [0.25, 0.3) is 0 Å². The van der Waals surface area contributed by atoms with Crippen molar-refractivity contribution < 1.29 is 12.8 Å². The minimum Gasteiger partial charge on any atom is -0.278 e. The smallest absolute Gasteiger partial charge is 0.262 e. The lowest BCUT2D eigenvalue weighted by atomic mass is 10.3. The van der Waals surface area contributed by atoms with Gasteiger partial charge in [-0.3, -0.25) is 4.72 Å². The van der Waals surface area contributed by atoms with Gasteiger partial charge in [0.1, 0.15) is 5.82 Å². The van der Waals surface area contributed by atoms with Crippen LogP contribution >= 0.6 is 31.9 Å². The monoisotopic (exact) mass is 407 g/mol. The van der Waals surface area contributed by atoms with Crippen LogP contribution in [0, 0.1) is 5.82 Å². The summed E-state index contributed by atoms with van der Waals surface area (Å²) in [5.74, 6) is -0.630. The molecule has 0 bridgehead atoms. The quantitative estimate of drug-likeness (QED) is 0.828. The van der Waals surface area contributed by atoms with Crippen molar-refractivity contribution in [2.24, 2.45) is 0 Å². The zero-order chi connectivity index (χ0) is 14.0. The van der Waals surface area contributed by atoms with Gasteiger partial charge in [0.25, 0.3) is 10.0 Å². The molecule has 0 aromatic heterocycles. The third-order valence-corrected chi connectivity index (χ3v) is 5.02. The average Bonchev–Trinajstić information content (AvgIpc) is 2.35. The van der Waals surface area contributed by atoms with E-state index in [-0.39, 0.29) is 9.37 Å². The summed E-state index contributed by atoms with van der Waals surface area (Å²) >= 11 is 6.22. The number of hydrogen-bond donors (Lipinski definition) is 1. The van der Waals surface area contributed by atoms with Gasteiger partial charge in [0.15, 0.2) is 0 Å². The van der Waals surface area contributed by atoms with E-state index in [0.717, 1.165) is 6.07 Å². The van der Waals surface area contributed by atoms with Gasteiger partial charge in [-0.1, -0.05) is 12.1 Å². The van der Waals surface area contributed by atoms with Crippen molar-refractivity contribution in [3.63, 3.8) is 0 Å². The van der Waals surface area contributed by atoms with Crippen LogP contribution in [0.5, 0.6) is 0 Å². The number of halogens is 3. The van der Waals surface area contributed by atoms with E-state index in [9.17, 15) is 12.8 Å². The van der Waals surface area contributed by atoms with Gasteiger partial charge >= 0.3 is 0 Å². The summed E-state index contributed by atoms with van der Waals surface area (Å²) in [6, 6.07) is 10.4. The minimum atomic E-state index is -3.82. The molecule has 0 saturated carbocycles. The summed E-state index contributed by atoms with van der Waals surface area (Å²) in [4.78, 5) is -0.135. The van der Waals surface area contributed by atoms with Crippen LogP contribution in [0.4, 0.5) is 10.1 Å². The lowest BCUT2D eigenvalue weighted by Gasteiger charge is -2.09. The maximum absolute atomic E-state index is 13.4. The van der Waals surface area contributed by atoms with Crippen molar-refractivity contribution in [3.05, 3.63) is 57.2 Å². The lowest BCUT2D eigenvalue weighted by molar-refractivity contribution is 0.593. The van der Waals surface area contributed by atoms with Crippen LogP contribution in [0.3, 0.4) is 0 Å². The van der Waals surface area contributed by atoms with Gasteiger partial charge in [0, 0.05) is 4.47 Å². The Labute approximate surface area is 127 Å². The number of rotatable bonds is 3. The fourth-order valence-corrected chi connectivity index (χ4v) is 3.24. The molecule has 0 aliphatic rings. The Morgan fingerprint density at radius 1 is 1.00 bits per heavy atom. The van der Waals surface area contributed by atoms with E-state index < -0.39 is 15.8 Å². The van der Waals surface area contributed by atoms with E-state index in [1.807, 2.05) is 0 Å². The SMILES string of the molecule is O=S(=O)(Nc1ccccc1Br)c1ccc(Br)c(F)c1. The largest absolute Gasteiger partial charge is 0.278 e. The Bertz CT molecular complexity index is 719. The highest BCUT2D eigenvalue weighted by Crippen LogP contribution is 2.25. The second-order valence-corrected chi connectivity index (χ2v) is 7.05. The molecule has 0 aliphatic carbocycles. The highest BCUT2D eigenvalue weighted by Gasteiger charge is 2.17. The molecule has 0 radical (unpaired) electrons. The first-order valence-corrected chi connectivity index (χ1v) is 8.19. The molecule has 100 valence electrons. The van der Waals surface area contributed by atoms with Crippen LogP contribution in [-0.4, -0.2) is 8.42 Å². The van der Waals surface area contributed by atoms with Gasteiger partial charge in [-0.25, -0.2) is 12.8 Å². The highest BCUT2D eigenvalue weighted by molar-refractivity contribution is 9.10. The summed E-state index contributed by atoms with van der Waals surface area (Å²) in [6.07, 6.45) is 0. The predicted molar refractivity (Wildman–Crippen MR) is 79.1 cm³/mol. The van der Waals surface area contributed by atoms with Gasteiger partial charge in [-0.2, -0.15) is 0 Å². The highest BCUT2D eigenvalue weighted by atomic mass is 79.9. The topological polar surface area (TPSA) is 46.2 Å². The van der Waals surface area contributed by atoms with Crippen molar-refractivity contribution in [3.8, 4) is 0 Å². The van der Waals surface area contributed by atoms with E-state index in [2.05, 4.69) is 36.6 Å². The van der Waals surface area contributed by atoms with Gasteiger partial charge in [0.05, 0.1) is 15.1 Å². The number of nitrogens with one attached hydrogen (secondary N) is 1. The first kappa shape index (κ1) is 14.5. The molecule has 0 amide bonds. The van der Waals surface area contributed by atoms with Gasteiger partial charge in [-0.15, -0.1) is 0 Å². The number of hydrogen-bond acceptors (Lipinski definition) is 2. The third-order valence-electron chi connectivity index (χ3n) is 2.32. The molecule has 0 atom stereocenters. The van der Waals surface area contributed by atoms with Gasteiger partial charge in [0.2, 0.25) is 0 Å². The minimum absolute atomic E-state index is 0.135. The Morgan fingerprint density at radius 3 is 2.32 bits per heavy atom. The Morgan fingerprint density at radius 2 is 1.68 bits per heavy atom. The van der Waals surface area contributed by atoms with E-state index in [1.165, 1.54) is 12.1 Å². The molecule has 2 rings (SSSR count). The summed E-state index contributed by atoms with van der Waals surface area (Å²) in [5, 5.41) is 0. The average molecular weight is 409 g/mol. The second-order valence-electron chi connectivity index (χ2n) is 3.66. The molecule has 0 aliphatic heterocycles. The molecule has 2 aromatic carbocycles. The van der Waals surface area contributed by atoms with E-state index in [4.69, 9.17) is 0 Å². The molecule has 0 fully saturated rings. The zero-order valence-electron chi connectivity index (χ0n) is 9.40. The molecule has 3 nitrogen and oxygen atoms in total. The Hall–Kier alpha value is -0.920. The second kappa shape index (κ2) is 5.60. The van der Waals surface area contributed by atoms with Crippen molar-refractivity contribution in [2.75, 3.05) is 4.72 Å². The van der Waals surface area contributed by atoms with Crippen molar-refractivity contribution in [2.45, 2.75) is 4.90 Å². The van der Waals surface area contributed by atoms with Crippen LogP contribution < -0.4 is 4.72 Å². The van der Waals surface area contributed by atoms with Crippen LogP contribution in [0.1, 0.15) is 0 Å². The molecule has 0 saturated heterocycles. The molecular weight excluding hydrogens is 401 g/mol. The molecule has 2 aromatic rings. The van der Waals surface area contributed by atoms with Crippen molar-refractivity contribution in [1.29, 1.82) is 0 Å². The Balaban J connectivity index is 2.38. The maximum atomic E-state index is 13.4. The zero-order valence-corrected chi connectivity index (χ0v) is 13.4. The summed E-state index contributed by atoms with van der Waals surface area (Å²) in [7, 11) is -3.82. The van der Waals surface area contributed by atoms with Gasteiger partial charge in [-0.05, 0) is 62.2 Å². The number of para-hydroxylation sites is 1.